The summed E-state index contributed by atoms with van der Waals surface area (Å²) in [7, 11) is 0. The van der Waals surface area contributed by atoms with E-state index in [0.29, 0.717) is 11.9 Å². The van der Waals surface area contributed by atoms with Gasteiger partial charge in [-0.15, -0.1) is 0 Å². The van der Waals surface area contributed by atoms with Crippen molar-refractivity contribution in [2.24, 2.45) is 0 Å². The van der Waals surface area contributed by atoms with E-state index >= 15 is 0 Å². The van der Waals surface area contributed by atoms with Crippen LogP contribution >= 0.6 is 0 Å². The Morgan fingerprint density at radius 1 is 1.17 bits per heavy atom. The van der Waals surface area contributed by atoms with Gasteiger partial charge in [-0.3, -0.25) is 0 Å². The number of hydrogen-bond donors (Lipinski definition) is 2. The summed E-state index contributed by atoms with van der Waals surface area (Å²) in [5, 5.41) is 3.53. The second-order valence-electron chi connectivity index (χ2n) is 5.13. The molecule has 1 aromatic heterocycles. The lowest BCUT2D eigenvalue weighted by Crippen LogP contribution is -2.21. The Bertz CT molecular complexity index is 370. The van der Waals surface area contributed by atoms with Gasteiger partial charge >= 0.3 is 0 Å². The van der Waals surface area contributed by atoms with Crippen molar-refractivity contribution >= 4 is 11.6 Å². The predicted molar refractivity (Wildman–Crippen MR) is 75.6 cm³/mol. The molecule has 4 nitrogen and oxygen atoms in total. The highest BCUT2D eigenvalue weighted by molar-refractivity contribution is 5.45. The fourth-order valence-corrected chi connectivity index (χ4v) is 2.56. The number of aromatic nitrogens is 2. The van der Waals surface area contributed by atoms with Gasteiger partial charge in [0.25, 0.3) is 0 Å². The molecule has 1 aliphatic carbocycles. The highest BCUT2D eigenvalue weighted by atomic mass is 15.1. The molecule has 3 N–H and O–H groups in total. The van der Waals surface area contributed by atoms with Gasteiger partial charge in [-0.1, -0.05) is 39.0 Å². The molecular formula is C14H24N4. The summed E-state index contributed by atoms with van der Waals surface area (Å²) < 4.78 is 0. The highest BCUT2D eigenvalue weighted by Crippen LogP contribution is 2.20. The molecule has 0 spiro atoms. The standard InChI is InChI=1S/C14H24N4/c1-2-13-17-12(15)10-14(18-13)16-11-8-6-4-3-5-7-9-11/h10-11H,2-9H2,1H3,(H3,15,16,17,18). The van der Waals surface area contributed by atoms with Crippen molar-refractivity contribution in [1.82, 2.24) is 9.97 Å². The third kappa shape index (κ3) is 3.86. The summed E-state index contributed by atoms with van der Waals surface area (Å²) in [4.78, 5) is 8.70. The molecule has 1 fully saturated rings. The van der Waals surface area contributed by atoms with E-state index in [1.54, 1.807) is 0 Å². The zero-order valence-corrected chi connectivity index (χ0v) is 11.3. The molecule has 18 heavy (non-hydrogen) atoms. The molecule has 0 unspecified atom stereocenters. The minimum atomic E-state index is 0.546. The normalized spacial score (nSPS) is 18.1. The first-order chi connectivity index (χ1) is 8.78. The Hall–Kier alpha value is -1.32. The topological polar surface area (TPSA) is 63.8 Å². The van der Waals surface area contributed by atoms with Crippen molar-refractivity contribution in [3.63, 3.8) is 0 Å². The van der Waals surface area contributed by atoms with Gasteiger partial charge < -0.3 is 11.1 Å². The first-order valence-corrected chi connectivity index (χ1v) is 7.18. The molecule has 0 radical (unpaired) electrons. The number of aryl methyl sites for hydroxylation is 1. The summed E-state index contributed by atoms with van der Waals surface area (Å²) in [6, 6.07) is 2.39. The Labute approximate surface area is 109 Å². The maximum absolute atomic E-state index is 5.80. The molecule has 2 rings (SSSR count). The van der Waals surface area contributed by atoms with Gasteiger partial charge in [-0.25, -0.2) is 9.97 Å². The molecule has 1 saturated carbocycles. The number of anilines is 2. The zero-order valence-electron chi connectivity index (χ0n) is 11.3. The number of hydrogen-bond acceptors (Lipinski definition) is 4. The number of nitrogen functional groups attached to an aromatic ring is 1. The lowest BCUT2D eigenvalue weighted by atomic mass is 9.97. The van der Waals surface area contributed by atoms with Crippen molar-refractivity contribution in [1.29, 1.82) is 0 Å². The van der Waals surface area contributed by atoms with E-state index in [-0.39, 0.29) is 0 Å². The third-order valence-corrected chi connectivity index (χ3v) is 3.57. The highest BCUT2D eigenvalue weighted by Gasteiger charge is 2.12. The number of rotatable bonds is 3. The summed E-state index contributed by atoms with van der Waals surface area (Å²) in [5.41, 5.74) is 5.80. The fourth-order valence-electron chi connectivity index (χ4n) is 2.56. The monoisotopic (exact) mass is 248 g/mol. The molecule has 4 heteroatoms. The number of nitrogens with zero attached hydrogens (tertiary/aromatic N) is 2. The number of nitrogens with two attached hydrogens (primary N) is 1. The van der Waals surface area contributed by atoms with Crippen LogP contribution in [0.1, 0.15) is 57.7 Å². The second kappa shape index (κ2) is 6.57. The summed E-state index contributed by atoms with van der Waals surface area (Å²) in [6.07, 6.45) is 10.1. The van der Waals surface area contributed by atoms with E-state index in [1.807, 2.05) is 13.0 Å². The van der Waals surface area contributed by atoms with E-state index in [9.17, 15) is 0 Å². The molecule has 100 valence electrons. The van der Waals surface area contributed by atoms with Crippen LogP contribution in [0.4, 0.5) is 11.6 Å². The molecular weight excluding hydrogens is 224 g/mol. The first kappa shape index (κ1) is 13.1. The molecule has 0 bridgehead atoms. The summed E-state index contributed by atoms with van der Waals surface area (Å²) in [6.45, 7) is 2.05. The molecule has 1 aromatic rings. The Morgan fingerprint density at radius 3 is 2.50 bits per heavy atom. The molecule has 0 aliphatic heterocycles. The molecule has 1 heterocycles. The van der Waals surface area contributed by atoms with Gasteiger partial charge in [0.05, 0.1) is 0 Å². The van der Waals surface area contributed by atoms with Crippen LogP contribution in [-0.4, -0.2) is 16.0 Å². The van der Waals surface area contributed by atoms with Crippen molar-refractivity contribution in [2.45, 2.75) is 64.3 Å². The van der Waals surface area contributed by atoms with Crippen LogP contribution in [0.2, 0.25) is 0 Å². The van der Waals surface area contributed by atoms with Crippen molar-refractivity contribution in [3.05, 3.63) is 11.9 Å². The van der Waals surface area contributed by atoms with Crippen LogP contribution < -0.4 is 11.1 Å². The van der Waals surface area contributed by atoms with Gasteiger partial charge in [-0.05, 0) is 12.8 Å². The fraction of sp³-hybridized carbons (Fsp3) is 0.714. The van der Waals surface area contributed by atoms with Crippen LogP contribution in [0.15, 0.2) is 6.07 Å². The van der Waals surface area contributed by atoms with E-state index in [0.717, 1.165) is 18.1 Å². The average Bonchev–Trinajstić information content (AvgIpc) is 2.31. The summed E-state index contributed by atoms with van der Waals surface area (Å²) in [5.74, 6) is 2.28. The smallest absolute Gasteiger partial charge is 0.132 e. The average molecular weight is 248 g/mol. The molecule has 0 saturated heterocycles. The van der Waals surface area contributed by atoms with Crippen LogP contribution in [-0.2, 0) is 6.42 Å². The number of nitrogens with one attached hydrogen (secondary N) is 1. The van der Waals surface area contributed by atoms with Gasteiger partial charge in [0, 0.05) is 18.5 Å². The van der Waals surface area contributed by atoms with Crippen LogP contribution in [0.3, 0.4) is 0 Å². The quantitative estimate of drug-likeness (QED) is 0.862. The lowest BCUT2D eigenvalue weighted by Gasteiger charge is -2.21. The van der Waals surface area contributed by atoms with Crippen molar-refractivity contribution in [3.8, 4) is 0 Å². The van der Waals surface area contributed by atoms with Crippen LogP contribution in [0.25, 0.3) is 0 Å². The third-order valence-electron chi connectivity index (χ3n) is 3.57. The van der Waals surface area contributed by atoms with E-state index in [1.165, 1.54) is 44.9 Å². The SMILES string of the molecule is CCc1nc(N)cc(NC2CCCCCCC2)n1. The Morgan fingerprint density at radius 2 is 1.83 bits per heavy atom. The van der Waals surface area contributed by atoms with Crippen LogP contribution in [0.5, 0.6) is 0 Å². The Kier molecular flexibility index (Phi) is 4.79. The summed E-state index contributed by atoms with van der Waals surface area (Å²) >= 11 is 0. The molecule has 1 aliphatic rings. The molecule has 0 aromatic carbocycles. The minimum absolute atomic E-state index is 0.546. The van der Waals surface area contributed by atoms with E-state index < -0.39 is 0 Å². The van der Waals surface area contributed by atoms with Crippen LogP contribution in [0, 0.1) is 0 Å². The van der Waals surface area contributed by atoms with E-state index in [4.69, 9.17) is 5.73 Å². The largest absolute Gasteiger partial charge is 0.384 e. The van der Waals surface area contributed by atoms with Gasteiger partial charge in [0.15, 0.2) is 0 Å². The minimum Gasteiger partial charge on any atom is -0.384 e. The lowest BCUT2D eigenvalue weighted by molar-refractivity contribution is 0.470. The van der Waals surface area contributed by atoms with Crippen molar-refractivity contribution in [2.75, 3.05) is 11.1 Å². The van der Waals surface area contributed by atoms with Gasteiger partial charge in [0.2, 0.25) is 0 Å². The maximum atomic E-state index is 5.80. The molecule has 0 atom stereocenters. The zero-order chi connectivity index (χ0) is 12.8. The first-order valence-electron chi connectivity index (χ1n) is 7.18. The predicted octanol–water partition coefficient (Wildman–Crippen LogP) is 3.15. The van der Waals surface area contributed by atoms with Gasteiger partial charge in [0.1, 0.15) is 17.5 Å². The van der Waals surface area contributed by atoms with E-state index in [2.05, 4.69) is 15.3 Å². The van der Waals surface area contributed by atoms with Crippen molar-refractivity contribution < 1.29 is 0 Å². The second-order valence-corrected chi connectivity index (χ2v) is 5.13. The maximum Gasteiger partial charge on any atom is 0.132 e. The van der Waals surface area contributed by atoms with Gasteiger partial charge in [-0.2, -0.15) is 0 Å². The Balaban J connectivity index is 2.00. The molecule has 0 amide bonds.